The quantitative estimate of drug-likeness (QED) is 0.429. The van der Waals surface area contributed by atoms with Gasteiger partial charge in [0.15, 0.2) is 5.11 Å². The van der Waals surface area contributed by atoms with Gasteiger partial charge in [-0.1, -0.05) is 30.3 Å². The molecule has 1 aliphatic heterocycles. The van der Waals surface area contributed by atoms with E-state index in [4.69, 9.17) is 17.0 Å². The number of aromatic nitrogens is 2. The lowest BCUT2D eigenvalue weighted by atomic mass is 10.0. The molecule has 7 heteroatoms. The van der Waals surface area contributed by atoms with Crippen molar-refractivity contribution in [2.75, 3.05) is 12.0 Å². The van der Waals surface area contributed by atoms with Gasteiger partial charge < -0.3 is 19.5 Å². The highest BCUT2D eigenvalue weighted by Gasteiger charge is 2.43. The Kier molecular flexibility index (Phi) is 5.33. The molecule has 0 radical (unpaired) electrons. The Hall–Kier alpha value is -3.71. The first-order valence-electron chi connectivity index (χ1n) is 10.2. The fourth-order valence-electron chi connectivity index (χ4n) is 4.25. The van der Waals surface area contributed by atoms with Crippen LogP contribution in [0.15, 0.2) is 91.3 Å². The number of rotatable bonds is 5. The molecule has 3 heterocycles. The fourth-order valence-corrected chi connectivity index (χ4v) is 4.58. The molecule has 1 aliphatic rings. The molecule has 2 aromatic carbocycles. The molecule has 2 aromatic heterocycles. The lowest BCUT2D eigenvalue weighted by Crippen LogP contribution is -2.30. The van der Waals surface area contributed by atoms with Gasteiger partial charge in [-0.25, -0.2) is 4.39 Å². The van der Waals surface area contributed by atoms with Crippen LogP contribution in [-0.2, 0) is 0 Å². The number of hydrogen-bond donors (Lipinski definition) is 1. The first kappa shape index (κ1) is 20.2. The molecule has 160 valence electrons. The Morgan fingerprint density at radius 2 is 1.69 bits per heavy atom. The maximum absolute atomic E-state index is 14.7. The molecular weight excluding hydrogens is 423 g/mol. The predicted molar refractivity (Wildman–Crippen MR) is 127 cm³/mol. The Morgan fingerprint density at radius 3 is 2.44 bits per heavy atom. The van der Waals surface area contributed by atoms with Gasteiger partial charge in [-0.05, 0) is 60.7 Å². The lowest BCUT2D eigenvalue weighted by molar-refractivity contribution is 0.414. The van der Waals surface area contributed by atoms with Crippen molar-refractivity contribution in [3.63, 3.8) is 0 Å². The van der Waals surface area contributed by atoms with Crippen molar-refractivity contribution in [3.05, 3.63) is 108 Å². The molecule has 1 saturated heterocycles. The number of para-hydroxylation sites is 3. The topological polar surface area (TPSA) is 42.3 Å². The van der Waals surface area contributed by atoms with E-state index in [2.05, 4.69) is 10.3 Å². The van der Waals surface area contributed by atoms with E-state index in [1.54, 1.807) is 25.4 Å². The molecule has 0 saturated carbocycles. The van der Waals surface area contributed by atoms with Crippen molar-refractivity contribution in [3.8, 4) is 11.4 Å². The predicted octanol–water partition coefficient (Wildman–Crippen LogP) is 5.20. The molecule has 1 fully saturated rings. The number of ether oxygens (including phenoxy) is 1. The third-order valence-electron chi connectivity index (χ3n) is 5.64. The summed E-state index contributed by atoms with van der Waals surface area (Å²) in [6.45, 7) is 0. The summed E-state index contributed by atoms with van der Waals surface area (Å²) in [5, 5.41) is 3.99. The van der Waals surface area contributed by atoms with E-state index >= 15 is 0 Å². The SMILES string of the molecule is COc1ccccc1N1C(=S)N[C@H](c2ccccn2)[C@@H]1c1cccn1-c1ccccc1F. The number of thiocarbonyl (C=S) groups is 1. The van der Waals surface area contributed by atoms with E-state index in [-0.39, 0.29) is 17.9 Å². The molecule has 2 atom stereocenters. The average Bonchev–Trinajstić information content (AvgIpc) is 3.44. The molecule has 0 spiro atoms. The molecule has 1 N–H and O–H groups in total. The highest BCUT2D eigenvalue weighted by molar-refractivity contribution is 7.80. The van der Waals surface area contributed by atoms with Gasteiger partial charge in [0.1, 0.15) is 17.6 Å². The summed E-state index contributed by atoms with van der Waals surface area (Å²) in [6, 6.07) is 23.7. The van der Waals surface area contributed by atoms with Crippen molar-refractivity contribution in [1.29, 1.82) is 0 Å². The zero-order valence-corrected chi connectivity index (χ0v) is 18.2. The second kappa shape index (κ2) is 8.43. The Morgan fingerprint density at radius 1 is 0.938 bits per heavy atom. The van der Waals surface area contributed by atoms with Gasteiger partial charge in [0.05, 0.1) is 30.2 Å². The summed E-state index contributed by atoms with van der Waals surface area (Å²) in [5.74, 6) is 0.407. The highest BCUT2D eigenvalue weighted by Crippen LogP contribution is 2.44. The van der Waals surface area contributed by atoms with Crippen molar-refractivity contribution in [2.24, 2.45) is 0 Å². The largest absolute Gasteiger partial charge is 0.495 e. The van der Waals surface area contributed by atoms with Gasteiger partial charge >= 0.3 is 0 Å². The maximum atomic E-state index is 14.7. The number of benzene rings is 2. The average molecular weight is 445 g/mol. The monoisotopic (exact) mass is 444 g/mol. The van der Waals surface area contributed by atoms with Crippen LogP contribution in [0.25, 0.3) is 5.69 Å². The molecule has 5 nitrogen and oxygen atoms in total. The molecule has 0 bridgehead atoms. The number of hydrogen-bond acceptors (Lipinski definition) is 3. The molecule has 0 amide bonds. The second-order valence-electron chi connectivity index (χ2n) is 7.42. The zero-order chi connectivity index (χ0) is 22.1. The smallest absolute Gasteiger partial charge is 0.174 e. The van der Waals surface area contributed by atoms with E-state index < -0.39 is 0 Å². The number of anilines is 1. The number of pyridine rings is 1. The maximum Gasteiger partial charge on any atom is 0.174 e. The first-order chi connectivity index (χ1) is 15.7. The fraction of sp³-hybridized carbons (Fsp3) is 0.120. The van der Waals surface area contributed by atoms with Crippen LogP contribution in [0.5, 0.6) is 5.75 Å². The summed E-state index contributed by atoms with van der Waals surface area (Å²) in [7, 11) is 1.64. The minimum absolute atomic E-state index is 0.242. The van der Waals surface area contributed by atoms with E-state index in [0.717, 1.165) is 17.1 Å². The summed E-state index contributed by atoms with van der Waals surface area (Å²) >= 11 is 5.79. The van der Waals surface area contributed by atoms with E-state index in [9.17, 15) is 4.39 Å². The van der Waals surface area contributed by atoms with Crippen LogP contribution in [0, 0.1) is 5.82 Å². The molecule has 0 aliphatic carbocycles. The second-order valence-corrected chi connectivity index (χ2v) is 7.81. The third-order valence-corrected chi connectivity index (χ3v) is 5.95. The van der Waals surface area contributed by atoms with Crippen molar-refractivity contribution < 1.29 is 9.13 Å². The third kappa shape index (κ3) is 3.40. The minimum Gasteiger partial charge on any atom is -0.495 e. The lowest BCUT2D eigenvalue weighted by Gasteiger charge is -2.30. The van der Waals surface area contributed by atoms with Gasteiger partial charge in [0.25, 0.3) is 0 Å². The van der Waals surface area contributed by atoms with Crippen LogP contribution in [0.1, 0.15) is 23.5 Å². The first-order valence-corrected chi connectivity index (χ1v) is 10.7. The number of methoxy groups -OCH3 is 1. The Labute approximate surface area is 191 Å². The van der Waals surface area contributed by atoms with Gasteiger partial charge in [-0.2, -0.15) is 0 Å². The summed E-state index contributed by atoms with van der Waals surface area (Å²) in [5.41, 5.74) is 3.03. The minimum atomic E-state index is -0.295. The molecule has 5 rings (SSSR count). The molecule has 4 aromatic rings. The molecular formula is C25H21FN4OS. The van der Waals surface area contributed by atoms with E-state index in [1.807, 2.05) is 76.3 Å². The van der Waals surface area contributed by atoms with Crippen LogP contribution in [-0.4, -0.2) is 21.8 Å². The number of nitrogens with zero attached hydrogens (tertiary/aromatic N) is 3. The molecule has 0 unspecified atom stereocenters. The standard InChI is InChI=1S/C25H21FN4OS/c1-31-22-14-5-4-12-20(22)30-24(23(28-25(30)32)18-10-6-7-15-27-18)21-13-8-16-29(21)19-11-3-2-9-17(19)26/h2-16,23-24H,1H3,(H,28,32)/t23-,24+/m1/s1. The van der Waals surface area contributed by atoms with E-state index in [1.165, 1.54) is 6.07 Å². The van der Waals surface area contributed by atoms with Gasteiger partial charge in [-0.15, -0.1) is 0 Å². The van der Waals surface area contributed by atoms with Crippen molar-refractivity contribution >= 4 is 23.0 Å². The van der Waals surface area contributed by atoms with Crippen LogP contribution >= 0.6 is 12.2 Å². The van der Waals surface area contributed by atoms with E-state index in [0.29, 0.717) is 16.5 Å². The summed E-state index contributed by atoms with van der Waals surface area (Å²) < 4.78 is 22.3. The number of halogens is 1. The molecule has 32 heavy (non-hydrogen) atoms. The van der Waals surface area contributed by atoms with Crippen LogP contribution < -0.4 is 15.0 Å². The zero-order valence-electron chi connectivity index (χ0n) is 17.4. The van der Waals surface area contributed by atoms with Crippen LogP contribution in [0.3, 0.4) is 0 Å². The van der Waals surface area contributed by atoms with Crippen molar-refractivity contribution in [1.82, 2.24) is 14.9 Å². The Bertz CT molecular complexity index is 1260. The van der Waals surface area contributed by atoms with Gasteiger partial charge in [0, 0.05) is 18.1 Å². The van der Waals surface area contributed by atoms with Crippen LogP contribution in [0.4, 0.5) is 10.1 Å². The van der Waals surface area contributed by atoms with Gasteiger partial charge in [0.2, 0.25) is 0 Å². The number of nitrogens with one attached hydrogen (secondary N) is 1. The summed E-state index contributed by atoms with van der Waals surface area (Å²) in [6.07, 6.45) is 3.63. The van der Waals surface area contributed by atoms with Crippen LogP contribution in [0.2, 0.25) is 0 Å². The Balaban J connectivity index is 1.71. The highest BCUT2D eigenvalue weighted by atomic mass is 32.1. The van der Waals surface area contributed by atoms with Crippen molar-refractivity contribution in [2.45, 2.75) is 12.1 Å². The van der Waals surface area contributed by atoms with Gasteiger partial charge in [-0.3, -0.25) is 4.98 Å². The normalized spacial score (nSPS) is 17.9. The summed E-state index contributed by atoms with van der Waals surface area (Å²) in [4.78, 5) is 6.61.